The third kappa shape index (κ3) is 3.98. The van der Waals surface area contributed by atoms with Crippen LogP contribution in [0.1, 0.15) is 25.7 Å². The molecule has 0 aromatic carbocycles. The summed E-state index contributed by atoms with van der Waals surface area (Å²) in [5.41, 5.74) is 5.70. The maximum Gasteiger partial charge on any atom is 0.217 e. The summed E-state index contributed by atoms with van der Waals surface area (Å²) in [5.74, 6) is -0.299. The first-order chi connectivity index (χ1) is 7.63. The number of carbonyl (C=O) groups is 2. The molecular formula is C12H17NO3. The Hall–Kier alpha value is -1.42. The van der Waals surface area contributed by atoms with E-state index in [4.69, 9.17) is 10.5 Å². The molecule has 1 aliphatic rings. The van der Waals surface area contributed by atoms with Crippen LogP contribution in [0.25, 0.3) is 0 Å². The Balaban J connectivity index is 2.36. The zero-order valence-corrected chi connectivity index (χ0v) is 9.44. The zero-order valence-electron chi connectivity index (χ0n) is 9.44. The van der Waals surface area contributed by atoms with Crippen LogP contribution < -0.4 is 5.73 Å². The quantitative estimate of drug-likeness (QED) is 0.733. The number of hydrogen-bond acceptors (Lipinski definition) is 3. The van der Waals surface area contributed by atoms with E-state index in [2.05, 4.69) is 0 Å². The lowest BCUT2D eigenvalue weighted by molar-refractivity contribution is -0.118. The zero-order chi connectivity index (χ0) is 12.0. The molecule has 0 heterocycles. The van der Waals surface area contributed by atoms with Crippen LogP contribution in [-0.2, 0) is 14.3 Å². The van der Waals surface area contributed by atoms with E-state index in [1.165, 1.54) is 0 Å². The van der Waals surface area contributed by atoms with Gasteiger partial charge in [-0.2, -0.15) is 0 Å². The number of rotatable bonds is 6. The first-order valence-electron chi connectivity index (χ1n) is 5.36. The number of carbonyl (C=O) groups excluding carboxylic acids is 2. The summed E-state index contributed by atoms with van der Waals surface area (Å²) in [4.78, 5) is 22.2. The number of ketones is 1. The van der Waals surface area contributed by atoms with Gasteiger partial charge in [-0.05, 0) is 12.8 Å². The minimum Gasteiger partial charge on any atom is -0.377 e. The first kappa shape index (κ1) is 12.6. The van der Waals surface area contributed by atoms with E-state index in [1.54, 1.807) is 13.2 Å². The molecule has 1 atom stereocenters. The normalized spacial score (nSPS) is 19.3. The highest BCUT2D eigenvalue weighted by molar-refractivity contribution is 5.98. The molecule has 0 aromatic rings. The Bertz CT molecular complexity index is 331. The van der Waals surface area contributed by atoms with E-state index in [0.717, 1.165) is 6.42 Å². The van der Waals surface area contributed by atoms with Crippen molar-refractivity contribution in [3.05, 3.63) is 23.8 Å². The van der Waals surface area contributed by atoms with Crippen molar-refractivity contribution < 1.29 is 14.3 Å². The molecule has 0 aliphatic heterocycles. The summed E-state index contributed by atoms with van der Waals surface area (Å²) in [5, 5.41) is 0. The van der Waals surface area contributed by atoms with Crippen molar-refractivity contribution in [2.45, 2.75) is 31.8 Å². The van der Waals surface area contributed by atoms with Gasteiger partial charge < -0.3 is 10.5 Å². The minimum atomic E-state index is -0.361. The Labute approximate surface area is 95.1 Å². The van der Waals surface area contributed by atoms with Crippen LogP contribution in [0.15, 0.2) is 23.8 Å². The molecule has 0 bridgehead atoms. The molecule has 1 amide bonds. The Morgan fingerprint density at radius 2 is 2.25 bits per heavy atom. The van der Waals surface area contributed by atoms with Crippen molar-refractivity contribution in [3.8, 4) is 0 Å². The molecule has 2 N–H and O–H groups in total. The Morgan fingerprint density at radius 3 is 2.75 bits per heavy atom. The molecule has 4 heteroatoms. The highest BCUT2D eigenvalue weighted by Crippen LogP contribution is 2.15. The molecule has 1 aliphatic carbocycles. The summed E-state index contributed by atoms with van der Waals surface area (Å²) in [6, 6.07) is 0. The van der Waals surface area contributed by atoms with Crippen LogP contribution >= 0.6 is 0 Å². The molecular weight excluding hydrogens is 206 g/mol. The van der Waals surface area contributed by atoms with Crippen LogP contribution in [0.3, 0.4) is 0 Å². The molecule has 1 rings (SSSR count). The molecule has 0 spiro atoms. The van der Waals surface area contributed by atoms with Gasteiger partial charge in [-0.1, -0.05) is 18.2 Å². The van der Waals surface area contributed by atoms with Gasteiger partial charge in [0.2, 0.25) is 5.91 Å². The van der Waals surface area contributed by atoms with Gasteiger partial charge in [-0.25, -0.2) is 0 Å². The van der Waals surface area contributed by atoms with Crippen molar-refractivity contribution in [3.63, 3.8) is 0 Å². The highest BCUT2D eigenvalue weighted by Gasteiger charge is 2.12. The Kier molecular flexibility index (Phi) is 4.92. The number of ether oxygens (including phenoxy) is 1. The van der Waals surface area contributed by atoms with Crippen molar-refractivity contribution in [2.24, 2.45) is 5.73 Å². The molecule has 0 saturated heterocycles. The lowest BCUT2D eigenvalue weighted by Gasteiger charge is -2.13. The molecule has 0 aromatic heterocycles. The van der Waals surface area contributed by atoms with E-state index in [9.17, 15) is 9.59 Å². The highest BCUT2D eigenvalue weighted by atomic mass is 16.5. The van der Waals surface area contributed by atoms with Gasteiger partial charge in [0.05, 0.1) is 6.10 Å². The number of primary amides is 1. The third-order valence-corrected chi connectivity index (χ3v) is 2.51. The topological polar surface area (TPSA) is 69.4 Å². The lowest BCUT2D eigenvalue weighted by atomic mass is 9.98. The predicted octanol–water partition coefficient (Wildman–Crippen LogP) is 1.11. The lowest BCUT2D eigenvalue weighted by Crippen LogP contribution is -2.13. The number of allylic oxidation sites excluding steroid dienone is 2. The second-order valence-corrected chi connectivity index (χ2v) is 3.77. The fraction of sp³-hybridized carbons (Fsp3) is 0.500. The average Bonchev–Trinajstić information content (AvgIpc) is 2.28. The summed E-state index contributed by atoms with van der Waals surface area (Å²) < 4.78 is 5.13. The van der Waals surface area contributed by atoms with Crippen LogP contribution in [0.4, 0.5) is 0 Å². The molecule has 16 heavy (non-hydrogen) atoms. The van der Waals surface area contributed by atoms with Crippen LogP contribution in [0.2, 0.25) is 0 Å². The third-order valence-electron chi connectivity index (χ3n) is 2.51. The SMILES string of the molecule is COC1C=CC(C(=O)CCCC(N)=O)=CC1. The van der Waals surface area contributed by atoms with Crippen molar-refractivity contribution >= 4 is 11.7 Å². The molecule has 4 nitrogen and oxygen atoms in total. The summed E-state index contributed by atoms with van der Waals surface area (Å²) >= 11 is 0. The summed E-state index contributed by atoms with van der Waals surface area (Å²) in [6.07, 6.45) is 7.49. The van der Waals surface area contributed by atoms with E-state index in [-0.39, 0.29) is 24.2 Å². The van der Waals surface area contributed by atoms with Gasteiger partial charge in [0.1, 0.15) is 0 Å². The number of nitrogens with two attached hydrogens (primary N) is 1. The molecule has 88 valence electrons. The minimum absolute atomic E-state index is 0.0621. The number of Topliss-reactive ketones (excluding diaryl/α,β-unsaturated/α-hetero) is 1. The monoisotopic (exact) mass is 223 g/mol. The van der Waals surface area contributed by atoms with Crippen LogP contribution in [0, 0.1) is 0 Å². The maximum absolute atomic E-state index is 11.7. The van der Waals surface area contributed by atoms with E-state index >= 15 is 0 Å². The second kappa shape index (κ2) is 6.23. The largest absolute Gasteiger partial charge is 0.377 e. The predicted molar refractivity (Wildman–Crippen MR) is 60.7 cm³/mol. The number of hydrogen-bond donors (Lipinski definition) is 1. The van der Waals surface area contributed by atoms with Gasteiger partial charge >= 0.3 is 0 Å². The number of methoxy groups -OCH3 is 1. The van der Waals surface area contributed by atoms with Crippen LogP contribution in [-0.4, -0.2) is 24.9 Å². The molecule has 0 fully saturated rings. The van der Waals surface area contributed by atoms with Gasteiger partial charge in [0.15, 0.2) is 5.78 Å². The fourth-order valence-corrected chi connectivity index (χ4v) is 1.55. The summed E-state index contributed by atoms with van der Waals surface area (Å²) in [7, 11) is 1.64. The second-order valence-electron chi connectivity index (χ2n) is 3.77. The molecule has 0 saturated carbocycles. The smallest absolute Gasteiger partial charge is 0.217 e. The standard InChI is InChI=1S/C12H17NO3/c1-16-10-7-5-9(6-8-10)11(14)3-2-4-12(13)15/h5-7,10H,2-4,8H2,1H3,(H2,13,15). The van der Waals surface area contributed by atoms with Crippen molar-refractivity contribution in [2.75, 3.05) is 7.11 Å². The van der Waals surface area contributed by atoms with Gasteiger partial charge in [0, 0.05) is 25.5 Å². The summed E-state index contributed by atoms with van der Waals surface area (Å²) in [6.45, 7) is 0. The van der Waals surface area contributed by atoms with Gasteiger partial charge in [-0.15, -0.1) is 0 Å². The molecule has 0 radical (unpaired) electrons. The average molecular weight is 223 g/mol. The van der Waals surface area contributed by atoms with Gasteiger partial charge in [-0.3, -0.25) is 9.59 Å². The van der Waals surface area contributed by atoms with Crippen molar-refractivity contribution in [1.29, 1.82) is 0 Å². The first-order valence-corrected chi connectivity index (χ1v) is 5.36. The molecule has 1 unspecified atom stereocenters. The Morgan fingerprint density at radius 1 is 1.50 bits per heavy atom. The maximum atomic E-state index is 11.7. The van der Waals surface area contributed by atoms with Crippen molar-refractivity contribution in [1.82, 2.24) is 0 Å². The van der Waals surface area contributed by atoms with E-state index < -0.39 is 0 Å². The van der Waals surface area contributed by atoms with E-state index in [1.807, 2.05) is 12.2 Å². The van der Waals surface area contributed by atoms with Gasteiger partial charge in [0.25, 0.3) is 0 Å². The fourth-order valence-electron chi connectivity index (χ4n) is 1.55. The number of amides is 1. The van der Waals surface area contributed by atoms with E-state index in [0.29, 0.717) is 18.4 Å². The van der Waals surface area contributed by atoms with Crippen LogP contribution in [0.5, 0.6) is 0 Å².